The van der Waals surface area contributed by atoms with E-state index in [4.69, 9.17) is 16.6 Å². The summed E-state index contributed by atoms with van der Waals surface area (Å²) < 4.78 is 14.4. The molecule has 3 aromatic carbocycles. The number of halogens is 2. The number of anilines is 1. The van der Waals surface area contributed by atoms with Gasteiger partial charge in [-0.15, -0.1) is 0 Å². The van der Waals surface area contributed by atoms with Gasteiger partial charge in [-0.25, -0.2) is 4.39 Å². The number of hydrogen-bond donors (Lipinski definition) is 0. The van der Waals surface area contributed by atoms with E-state index in [2.05, 4.69) is 0 Å². The van der Waals surface area contributed by atoms with E-state index in [1.54, 1.807) is 24.0 Å². The first-order valence-electron chi connectivity index (χ1n) is 9.03. The van der Waals surface area contributed by atoms with Crippen LogP contribution in [0.1, 0.15) is 23.6 Å². The number of rotatable bonds is 3. The Morgan fingerprint density at radius 3 is 2.46 bits per heavy atom. The van der Waals surface area contributed by atoms with Crippen LogP contribution < -0.4 is 4.90 Å². The molecule has 0 bridgehead atoms. The first-order chi connectivity index (χ1) is 13.6. The number of para-hydroxylation sites is 1. The van der Waals surface area contributed by atoms with E-state index in [9.17, 15) is 9.18 Å². The molecule has 1 aliphatic heterocycles. The number of carbonyl (C=O) groups is 1. The summed E-state index contributed by atoms with van der Waals surface area (Å²) in [6.45, 7) is 1.80. The fourth-order valence-corrected chi connectivity index (χ4v) is 3.63. The molecule has 4 rings (SSSR count). The maximum atomic E-state index is 14.4. The highest BCUT2D eigenvalue weighted by molar-refractivity contribution is 6.31. The lowest BCUT2D eigenvalue weighted by Crippen LogP contribution is -2.36. The zero-order valence-corrected chi connectivity index (χ0v) is 16.0. The van der Waals surface area contributed by atoms with Gasteiger partial charge in [-0.05, 0) is 25.1 Å². The Morgan fingerprint density at radius 1 is 1.00 bits per heavy atom. The van der Waals surface area contributed by atoms with Crippen molar-refractivity contribution >= 4 is 28.9 Å². The van der Waals surface area contributed by atoms with Gasteiger partial charge in [0.25, 0.3) is 5.91 Å². The van der Waals surface area contributed by atoms with Gasteiger partial charge in [-0.1, -0.05) is 66.2 Å². The first-order valence-corrected chi connectivity index (χ1v) is 9.41. The highest BCUT2D eigenvalue weighted by atomic mass is 35.5. The van der Waals surface area contributed by atoms with Gasteiger partial charge in [0.2, 0.25) is 0 Å². The van der Waals surface area contributed by atoms with Crippen molar-refractivity contribution in [3.05, 3.63) is 100 Å². The van der Waals surface area contributed by atoms with Gasteiger partial charge in [-0.3, -0.25) is 9.79 Å². The number of aliphatic imine (C=N–C) groups is 1. The Bertz CT molecular complexity index is 1040. The van der Waals surface area contributed by atoms with E-state index in [-0.39, 0.29) is 12.5 Å². The van der Waals surface area contributed by atoms with Crippen LogP contribution in [0.25, 0.3) is 0 Å². The third-order valence-electron chi connectivity index (χ3n) is 4.82. The van der Waals surface area contributed by atoms with E-state index < -0.39 is 11.9 Å². The van der Waals surface area contributed by atoms with E-state index >= 15 is 0 Å². The summed E-state index contributed by atoms with van der Waals surface area (Å²) >= 11 is 6.22. The Labute approximate surface area is 168 Å². The smallest absolute Gasteiger partial charge is 0.251 e. The second-order valence-electron chi connectivity index (χ2n) is 6.66. The SMILES string of the molecule is C[C@H]1N=C(c2ccccc2)c2ccccc2N(Cc2c(F)cccc2Cl)C1=O. The van der Waals surface area contributed by atoms with Gasteiger partial charge < -0.3 is 4.90 Å². The fraction of sp³-hybridized carbons (Fsp3) is 0.130. The molecule has 0 radical (unpaired) electrons. The quantitative estimate of drug-likeness (QED) is 0.599. The zero-order chi connectivity index (χ0) is 19.7. The van der Waals surface area contributed by atoms with Gasteiger partial charge in [0, 0.05) is 21.7 Å². The van der Waals surface area contributed by atoms with Crippen LogP contribution in [0, 0.1) is 5.82 Å². The molecular formula is C23H18ClFN2O. The Balaban J connectivity index is 1.86. The molecule has 3 nitrogen and oxygen atoms in total. The van der Waals surface area contributed by atoms with Crippen LogP contribution in [0.3, 0.4) is 0 Å². The molecule has 1 amide bonds. The molecule has 1 atom stereocenters. The van der Waals surface area contributed by atoms with Crippen LogP contribution in [-0.4, -0.2) is 17.7 Å². The molecular weight excluding hydrogens is 375 g/mol. The molecule has 1 aliphatic rings. The lowest BCUT2D eigenvalue weighted by molar-refractivity contribution is -0.119. The maximum absolute atomic E-state index is 14.4. The second-order valence-corrected chi connectivity index (χ2v) is 7.07. The molecule has 0 saturated carbocycles. The van der Waals surface area contributed by atoms with Crippen molar-refractivity contribution in [2.24, 2.45) is 4.99 Å². The fourth-order valence-electron chi connectivity index (χ4n) is 3.40. The largest absolute Gasteiger partial charge is 0.305 e. The number of amides is 1. The first kappa shape index (κ1) is 18.4. The summed E-state index contributed by atoms with van der Waals surface area (Å²) in [5, 5.41) is 0.298. The predicted molar refractivity (Wildman–Crippen MR) is 111 cm³/mol. The Morgan fingerprint density at radius 2 is 1.71 bits per heavy atom. The van der Waals surface area contributed by atoms with Crippen molar-refractivity contribution in [2.75, 3.05) is 4.90 Å². The van der Waals surface area contributed by atoms with Crippen molar-refractivity contribution < 1.29 is 9.18 Å². The van der Waals surface area contributed by atoms with Crippen LogP contribution >= 0.6 is 11.6 Å². The standard InChI is InChI=1S/C23H18ClFN2O/c1-15-23(28)27(14-18-19(24)11-7-12-20(18)25)21-13-6-5-10-17(21)22(26-15)16-8-3-2-4-9-16/h2-13,15H,14H2,1H3/t15-/m1/s1. The van der Waals surface area contributed by atoms with Gasteiger partial charge >= 0.3 is 0 Å². The molecule has 0 unspecified atom stereocenters. The molecule has 28 heavy (non-hydrogen) atoms. The van der Waals surface area contributed by atoms with Gasteiger partial charge in [0.15, 0.2) is 0 Å². The summed E-state index contributed by atoms with van der Waals surface area (Å²) in [5.74, 6) is -0.628. The van der Waals surface area contributed by atoms with E-state index in [0.717, 1.165) is 16.8 Å². The third-order valence-corrected chi connectivity index (χ3v) is 5.18. The maximum Gasteiger partial charge on any atom is 0.251 e. The zero-order valence-electron chi connectivity index (χ0n) is 15.3. The molecule has 0 saturated heterocycles. The summed E-state index contributed by atoms with van der Waals surface area (Å²) in [6.07, 6.45) is 0. The monoisotopic (exact) mass is 392 g/mol. The minimum absolute atomic E-state index is 0.0449. The van der Waals surface area contributed by atoms with Gasteiger partial charge in [0.1, 0.15) is 11.9 Å². The lowest BCUT2D eigenvalue weighted by Gasteiger charge is -2.25. The Kier molecular flexibility index (Phi) is 4.97. The van der Waals surface area contributed by atoms with Crippen molar-refractivity contribution in [1.82, 2.24) is 0 Å². The minimum Gasteiger partial charge on any atom is -0.305 e. The van der Waals surface area contributed by atoms with E-state index in [1.807, 2.05) is 54.6 Å². The molecule has 140 valence electrons. The molecule has 1 heterocycles. The van der Waals surface area contributed by atoms with Crippen LogP contribution in [-0.2, 0) is 11.3 Å². The number of benzodiazepines with no additional fused rings is 1. The topological polar surface area (TPSA) is 32.7 Å². The van der Waals surface area contributed by atoms with Crippen molar-refractivity contribution in [2.45, 2.75) is 19.5 Å². The third kappa shape index (κ3) is 3.32. The number of nitrogens with zero attached hydrogens (tertiary/aromatic N) is 2. The average Bonchev–Trinajstić information content (AvgIpc) is 2.81. The molecule has 0 N–H and O–H groups in total. The Hall–Kier alpha value is -2.98. The normalized spacial score (nSPS) is 16.4. The lowest BCUT2D eigenvalue weighted by atomic mass is 10.00. The molecule has 5 heteroatoms. The molecule has 3 aromatic rings. The summed E-state index contributed by atoms with van der Waals surface area (Å²) in [5.41, 5.74) is 3.50. The van der Waals surface area contributed by atoms with Crippen LogP contribution in [0.15, 0.2) is 77.8 Å². The van der Waals surface area contributed by atoms with Crippen molar-refractivity contribution in [3.8, 4) is 0 Å². The highest BCUT2D eigenvalue weighted by Crippen LogP contribution is 2.31. The number of carbonyl (C=O) groups excluding carboxylic acids is 1. The number of benzene rings is 3. The number of fused-ring (bicyclic) bond motifs is 1. The van der Waals surface area contributed by atoms with E-state index in [1.165, 1.54) is 6.07 Å². The summed E-state index contributed by atoms with van der Waals surface area (Å²) in [6, 6.07) is 21.2. The van der Waals surface area contributed by atoms with E-state index in [0.29, 0.717) is 16.3 Å². The second kappa shape index (κ2) is 7.56. The molecule has 0 aromatic heterocycles. The summed E-state index contributed by atoms with van der Waals surface area (Å²) in [7, 11) is 0. The number of hydrogen-bond acceptors (Lipinski definition) is 2. The molecule has 0 spiro atoms. The van der Waals surface area contributed by atoms with Gasteiger partial charge in [0.05, 0.1) is 17.9 Å². The molecule has 0 fully saturated rings. The van der Waals surface area contributed by atoms with Crippen molar-refractivity contribution in [1.29, 1.82) is 0 Å². The predicted octanol–water partition coefficient (Wildman–Crippen LogP) is 5.25. The van der Waals surface area contributed by atoms with Crippen LogP contribution in [0.5, 0.6) is 0 Å². The highest BCUT2D eigenvalue weighted by Gasteiger charge is 2.30. The summed E-state index contributed by atoms with van der Waals surface area (Å²) in [4.78, 5) is 19.4. The minimum atomic E-state index is -0.604. The average molecular weight is 393 g/mol. The molecule has 0 aliphatic carbocycles. The van der Waals surface area contributed by atoms with Gasteiger partial charge in [-0.2, -0.15) is 0 Å². The van der Waals surface area contributed by atoms with Crippen LogP contribution in [0.2, 0.25) is 5.02 Å². The van der Waals surface area contributed by atoms with Crippen molar-refractivity contribution in [3.63, 3.8) is 0 Å². The van der Waals surface area contributed by atoms with Crippen LogP contribution in [0.4, 0.5) is 10.1 Å².